The third-order valence-corrected chi connectivity index (χ3v) is 7.47. The zero-order valence-corrected chi connectivity index (χ0v) is 23.5. The monoisotopic (exact) mass is 565 g/mol. The van der Waals surface area contributed by atoms with E-state index in [9.17, 15) is 14.4 Å². The van der Waals surface area contributed by atoms with Gasteiger partial charge in [-0.3, -0.25) is 14.4 Å². The lowest BCUT2D eigenvalue weighted by Gasteiger charge is -2.15. The first-order chi connectivity index (χ1) is 19.9. The van der Waals surface area contributed by atoms with Crippen LogP contribution in [0.2, 0.25) is 0 Å². The number of aryl methyl sites for hydroxylation is 1. The predicted molar refractivity (Wildman–Crippen MR) is 161 cm³/mol. The third-order valence-electron chi connectivity index (χ3n) is 6.38. The average Bonchev–Trinajstić information content (AvgIpc) is 3.23. The first kappa shape index (κ1) is 27.5. The molecule has 0 fully saturated rings. The molecule has 3 amide bonds. The van der Waals surface area contributed by atoms with E-state index < -0.39 is 11.8 Å². The van der Waals surface area contributed by atoms with E-state index in [1.807, 2.05) is 31.2 Å². The van der Waals surface area contributed by atoms with Gasteiger partial charge in [0.25, 0.3) is 17.7 Å². The molecule has 0 radical (unpaired) electrons. The maximum Gasteiger partial charge on any atom is 0.283 e. The summed E-state index contributed by atoms with van der Waals surface area (Å²) in [6, 6.07) is 28.2. The maximum atomic E-state index is 13.6. The largest absolute Gasteiger partial charge is 0.497 e. The van der Waals surface area contributed by atoms with Gasteiger partial charge in [0.05, 0.1) is 19.9 Å². The molecule has 4 aromatic carbocycles. The van der Waals surface area contributed by atoms with Crippen molar-refractivity contribution < 1.29 is 23.9 Å². The summed E-state index contributed by atoms with van der Waals surface area (Å²) < 4.78 is 10.4. The molecule has 206 valence electrons. The summed E-state index contributed by atoms with van der Waals surface area (Å²) >= 11 is 1.18. The summed E-state index contributed by atoms with van der Waals surface area (Å²) in [5.74, 6) is 0.141. The van der Waals surface area contributed by atoms with E-state index in [1.165, 1.54) is 11.8 Å². The molecule has 1 heterocycles. The Labute approximate surface area is 242 Å². The summed E-state index contributed by atoms with van der Waals surface area (Å²) in [5, 5.41) is 6.02. The summed E-state index contributed by atoms with van der Waals surface area (Å²) in [6.07, 6.45) is 0. The molecule has 0 saturated heterocycles. The van der Waals surface area contributed by atoms with Gasteiger partial charge in [0.2, 0.25) is 0 Å². The van der Waals surface area contributed by atoms with Gasteiger partial charge in [-0.25, -0.2) is 4.90 Å². The van der Waals surface area contributed by atoms with Crippen molar-refractivity contribution >= 4 is 46.5 Å². The van der Waals surface area contributed by atoms with Crippen LogP contribution in [0.25, 0.3) is 0 Å². The number of carbonyl (C=O) groups excluding carboxylic acids is 3. The first-order valence-corrected chi connectivity index (χ1v) is 13.5. The molecular formula is C32H27N3O5S. The Morgan fingerprint density at radius 3 is 1.85 bits per heavy atom. The number of hydrogen-bond acceptors (Lipinski definition) is 7. The van der Waals surface area contributed by atoms with Crippen LogP contribution in [0.15, 0.2) is 113 Å². The summed E-state index contributed by atoms with van der Waals surface area (Å²) in [4.78, 5) is 42.0. The first-order valence-electron chi connectivity index (χ1n) is 12.7. The molecular weight excluding hydrogens is 538 g/mol. The van der Waals surface area contributed by atoms with E-state index in [4.69, 9.17) is 9.47 Å². The van der Waals surface area contributed by atoms with Crippen molar-refractivity contribution in [2.24, 2.45) is 0 Å². The molecule has 0 atom stereocenters. The number of ether oxygens (including phenoxy) is 2. The quantitative estimate of drug-likeness (QED) is 0.232. The number of carbonyl (C=O) groups is 3. The van der Waals surface area contributed by atoms with E-state index in [-0.39, 0.29) is 16.5 Å². The van der Waals surface area contributed by atoms with Gasteiger partial charge in [-0.05, 0) is 91.9 Å². The van der Waals surface area contributed by atoms with Crippen LogP contribution in [-0.4, -0.2) is 31.9 Å². The van der Waals surface area contributed by atoms with E-state index in [0.29, 0.717) is 34.1 Å². The normalized spacial score (nSPS) is 12.9. The molecule has 9 heteroatoms. The van der Waals surface area contributed by atoms with Gasteiger partial charge in [-0.2, -0.15) is 0 Å². The number of nitrogens with zero attached hydrogens (tertiary/aromatic N) is 1. The Morgan fingerprint density at radius 2 is 1.27 bits per heavy atom. The number of thioether (sulfide) groups is 1. The fourth-order valence-corrected chi connectivity index (χ4v) is 5.06. The van der Waals surface area contributed by atoms with Gasteiger partial charge in [0.1, 0.15) is 22.1 Å². The lowest BCUT2D eigenvalue weighted by atomic mass is 10.2. The highest BCUT2D eigenvalue weighted by atomic mass is 32.2. The molecule has 5 rings (SSSR count). The van der Waals surface area contributed by atoms with Crippen molar-refractivity contribution in [2.45, 2.75) is 11.8 Å². The van der Waals surface area contributed by atoms with Crippen LogP contribution in [0.5, 0.6) is 11.5 Å². The number of methoxy groups -OCH3 is 2. The molecule has 1 aliphatic heterocycles. The zero-order chi connectivity index (χ0) is 28.9. The highest BCUT2D eigenvalue weighted by Gasteiger charge is 2.40. The van der Waals surface area contributed by atoms with Crippen LogP contribution in [0.4, 0.5) is 17.1 Å². The van der Waals surface area contributed by atoms with Crippen LogP contribution in [0.3, 0.4) is 0 Å². The fraction of sp³-hybridized carbons (Fsp3) is 0.0938. The second-order valence-corrected chi connectivity index (χ2v) is 10.2. The number of hydrogen-bond donors (Lipinski definition) is 2. The van der Waals surface area contributed by atoms with Crippen LogP contribution < -0.4 is 25.0 Å². The van der Waals surface area contributed by atoms with Crippen molar-refractivity contribution in [3.8, 4) is 11.5 Å². The molecule has 0 bridgehead atoms. The minimum atomic E-state index is -0.452. The molecule has 0 saturated carbocycles. The third kappa shape index (κ3) is 6.10. The topological polar surface area (TPSA) is 97.0 Å². The lowest BCUT2D eigenvalue weighted by Crippen LogP contribution is -2.32. The minimum Gasteiger partial charge on any atom is -0.497 e. The Balaban J connectivity index is 1.38. The summed E-state index contributed by atoms with van der Waals surface area (Å²) in [6.45, 7) is 1.98. The van der Waals surface area contributed by atoms with Gasteiger partial charge >= 0.3 is 0 Å². The molecule has 4 aromatic rings. The molecule has 41 heavy (non-hydrogen) atoms. The van der Waals surface area contributed by atoms with Gasteiger partial charge in [-0.1, -0.05) is 29.5 Å². The highest BCUT2D eigenvalue weighted by Crippen LogP contribution is 2.38. The minimum absolute atomic E-state index is 0.191. The van der Waals surface area contributed by atoms with Crippen molar-refractivity contribution in [2.75, 3.05) is 29.8 Å². The number of nitrogens with one attached hydrogen (secondary N) is 2. The lowest BCUT2D eigenvalue weighted by molar-refractivity contribution is -0.120. The highest BCUT2D eigenvalue weighted by molar-refractivity contribution is 8.04. The molecule has 0 aliphatic carbocycles. The number of benzene rings is 4. The Morgan fingerprint density at radius 1 is 0.707 bits per heavy atom. The van der Waals surface area contributed by atoms with Crippen LogP contribution in [0, 0.1) is 6.92 Å². The number of anilines is 3. The molecule has 0 unspecified atom stereocenters. The summed E-state index contributed by atoms with van der Waals surface area (Å²) in [5.41, 5.74) is 3.49. The Kier molecular flexibility index (Phi) is 8.07. The van der Waals surface area contributed by atoms with Crippen LogP contribution in [0.1, 0.15) is 15.9 Å². The van der Waals surface area contributed by atoms with E-state index >= 15 is 0 Å². The van der Waals surface area contributed by atoms with Gasteiger partial charge in [-0.15, -0.1) is 0 Å². The second-order valence-electron chi connectivity index (χ2n) is 9.15. The molecule has 2 N–H and O–H groups in total. The molecule has 0 aromatic heterocycles. The fourth-order valence-electron chi connectivity index (χ4n) is 4.13. The van der Waals surface area contributed by atoms with Crippen molar-refractivity contribution in [3.63, 3.8) is 0 Å². The Hall–Kier alpha value is -5.02. The van der Waals surface area contributed by atoms with E-state index in [0.717, 1.165) is 15.4 Å². The van der Waals surface area contributed by atoms with E-state index in [1.54, 1.807) is 87.0 Å². The molecule has 1 aliphatic rings. The van der Waals surface area contributed by atoms with Gasteiger partial charge in [0, 0.05) is 21.8 Å². The number of imide groups is 1. The van der Waals surface area contributed by atoms with Gasteiger partial charge in [0.15, 0.2) is 0 Å². The Bertz CT molecular complexity index is 1610. The SMILES string of the molecule is COc1ccc(C(=O)Nc2ccc(SC3=C(Nc4ccc(C)cc4)C(=O)N(c4ccc(OC)cc4)C3=O)cc2)cc1. The van der Waals surface area contributed by atoms with Gasteiger partial charge < -0.3 is 20.1 Å². The predicted octanol–water partition coefficient (Wildman–Crippen LogP) is 6.25. The standard InChI is InChI=1S/C32H27N3O5S/c1-20-4-8-22(9-5-20)33-28-29(32(38)35(31(28)37)24-12-16-26(40-3)17-13-24)41-27-18-10-23(11-19-27)34-30(36)21-6-14-25(39-2)15-7-21/h4-19,33H,1-3H3,(H,34,36). The number of amides is 3. The average molecular weight is 566 g/mol. The summed E-state index contributed by atoms with van der Waals surface area (Å²) in [7, 11) is 3.12. The smallest absolute Gasteiger partial charge is 0.283 e. The number of rotatable bonds is 9. The van der Waals surface area contributed by atoms with E-state index in [2.05, 4.69) is 10.6 Å². The second kappa shape index (κ2) is 12.0. The maximum absolute atomic E-state index is 13.6. The van der Waals surface area contributed by atoms with Crippen molar-refractivity contribution in [1.82, 2.24) is 0 Å². The van der Waals surface area contributed by atoms with Crippen molar-refractivity contribution in [3.05, 3.63) is 119 Å². The van der Waals surface area contributed by atoms with Crippen LogP contribution in [-0.2, 0) is 9.59 Å². The van der Waals surface area contributed by atoms with Crippen molar-refractivity contribution in [1.29, 1.82) is 0 Å². The molecule has 0 spiro atoms. The zero-order valence-electron chi connectivity index (χ0n) is 22.6. The molecule has 8 nitrogen and oxygen atoms in total. The van der Waals surface area contributed by atoms with Crippen LogP contribution >= 0.6 is 11.8 Å².